The van der Waals surface area contributed by atoms with Crippen LogP contribution in [0.25, 0.3) is 0 Å². The van der Waals surface area contributed by atoms with Gasteiger partial charge in [-0.05, 0) is 18.8 Å². The molecule has 0 aromatic carbocycles. The smallest absolute Gasteiger partial charge is 0.260 e. The van der Waals surface area contributed by atoms with Crippen LogP contribution in [-0.4, -0.2) is 35.5 Å². The van der Waals surface area contributed by atoms with Crippen LogP contribution >= 0.6 is 0 Å². The van der Waals surface area contributed by atoms with Crippen LogP contribution in [0.1, 0.15) is 45.1 Å². The Kier molecular flexibility index (Phi) is 4.82. The van der Waals surface area contributed by atoms with E-state index in [0.29, 0.717) is 12.1 Å². The molecule has 20 heavy (non-hydrogen) atoms. The highest BCUT2D eigenvalue weighted by Crippen LogP contribution is 2.29. The Balaban J connectivity index is 2.35. The van der Waals surface area contributed by atoms with Gasteiger partial charge in [-0.1, -0.05) is 26.7 Å². The molecule has 0 saturated heterocycles. The minimum atomic E-state index is -3.54. The quantitative estimate of drug-likeness (QED) is 0.832. The maximum atomic E-state index is 12.9. The van der Waals surface area contributed by atoms with Crippen molar-refractivity contribution in [3.63, 3.8) is 0 Å². The Hall–Kier alpha value is -0.920. The van der Waals surface area contributed by atoms with Gasteiger partial charge in [0.05, 0.1) is 6.20 Å². The summed E-state index contributed by atoms with van der Waals surface area (Å²) in [7, 11) is -3.54. The van der Waals surface area contributed by atoms with Gasteiger partial charge in [0.15, 0.2) is 5.03 Å². The zero-order valence-electron chi connectivity index (χ0n) is 12.2. The number of sulfonamides is 1. The lowest BCUT2D eigenvalue weighted by molar-refractivity contribution is 0.291. The van der Waals surface area contributed by atoms with E-state index in [1.165, 1.54) is 6.20 Å². The molecular formula is C13H24N4O2S. The van der Waals surface area contributed by atoms with Crippen LogP contribution in [0.15, 0.2) is 11.2 Å². The summed E-state index contributed by atoms with van der Waals surface area (Å²) in [6.07, 6.45) is 5.58. The molecule has 6 nitrogen and oxygen atoms in total. The van der Waals surface area contributed by atoms with E-state index in [0.717, 1.165) is 25.7 Å². The molecule has 0 atom stereocenters. The first-order valence-corrected chi connectivity index (χ1v) is 8.65. The first-order chi connectivity index (χ1) is 9.46. The van der Waals surface area contributed by atoms with E-state index >= 15 is 0 Å². The second-order valence-electron chi connectivity index (χ2n) is 5.84. The minimum Gasteiger partial charge on any atom is -0.326 e. The molecule has 0 radical (unpaired) electrons. The van der Waals surface area contributed by atoms with Crippen molar-refractivity contribution in [3.05, 3.63) is 11.8 Å². The van der Waals surface area contributed by atoms with E-state index in [1.807, 2.05) is 13.8 Å². The highest BCUT2D eigenvalue weighted by atomic mass is 32.2. The van der Waals surface area contributed by atoms with Gasteiger partial charge in [0.2, 0.25) is 0 Å². The Morgan fingerprint density at radius 2 is 2.10 bits per heavy atom. The molecule has 0 unspecified atom stereocenters. The number of H-pyrrole nitrogens is 1. The molecule has 1 aromatic heterocycles. The number of rotatable bonds is 6. The van der Waals surface area contributed by atoms with E-state index in [-0.39, 0.29) is 23.5 Å². The highest BCUT2D eigenvalue weighted by Gasteiger charge is 2.35. The minimum absolute atomic E-state index is 0.108. The molecule has 0 spiro atoms. The van der Waals surface area contributed by atoms with Crippen LogP contribution in [0.3, 0.4) is 0 Å². The molecule has 0 bridgehead atoms. The van der Waals surface area contributed by atoms with E-state index in [2.05, 4.69) is 10.2 Å². The standard InChI is InChI=1S/C13H24N4O2S/c1-10(2)9-17(12-5-3-4-6-12)20(18,19)13-11(7-14)8-15-16-13/h8,10,12H,3-7,9,14H2,1-2H3,(H,15,16). The second-order valence-corrected chi connectivity index (χ2v) is 7.66. The molecule has 1 saturated carbocycles. The number of nitrogens with one attached hydrogen (secondary N) is 1. The van der Waals surface area contributed by atoms with Crippen LogP contribution in [0.5, 0.6) is 0 Å². The average Bonchev–Trinajstić information content (AvgIpc) is 3.06. The van der Waals surface area contributed by atoms with Gasteiger partial charge >= 0.3 is 0 Å². The Labute approximate surface area is 120 Å². The van der Waals surface area contributed by atoms with E-state index in [9.17, 15) is 8.42 Å². The summed E-state index contributed by atoms with van der Waals surface area (Å²) in [6, 6.07) is 0.108. The van der Waals surface area contributed by atoms with Gasteiger partial charge in [0.25, 0.3) is 10.0 Å². The van der Waals surface area contributed by atoms with Crippen molar-refractivity contribution in [3.8, 4) is 0 Å². The second kappa shape index (κ2) is 6.24. The largest absolute Gasteiger partial charge is 0.326 e. The van der Waals surface area contributed by atoms with Crippen molar-refractivity contribution in [1.29, 1.82) is 0 Å². The van der Waals surface area contributed by atoms with Crippen LogP contribution in [0, 0.1) is 5.92 Å². The first kappa shape index (κ1) is 15.5. The fourth-order valence-electron chi connectivity index (χ4n) is 2.78. The molecule has 7 heteroatoms. The third-order valence-electron chi connectivity index (χ3n) is 3.74. The van der Waals surface area contributed by atoms with E-state index in [1.54, 1.807) is 4.31 Å². The van der Waals surface area contributed by atoms with Gasteiger partial charge in [0.1, 0.15) is 0 Å². The Morgan fingerprint density at radius 3 is 2.65 bits per heavy atom. The molecule has 0 aliphatic heterocycles. The molecule has 3 N–H and O–H groups in total. The third kappa shape index (κ3) is 3.05. The third-order valence-corrected chi connectivity index (χ3v) is 5.68. The van der Waals surface area contributed by atoms with Crippen molar-refractivity contribution in [2.24, 2.45) is 11.7 Å². The summed E-state index contributed by atoms with van der Waals surface area (Å²) >= 11 is 0. The lowest BCUT2D eigenvalue weighted by Crippen LogP contribution is -2.41. The molecule has 2 rings (SSSR count). The lowest BCUT2D eigenvalue weighted by atomic mass is 10.2. The summed E-state index contributed by atoms with van der Waals surface area (Å²) in [6.45, 7) is 4.78. The molecule has 0 amide bonds. The van der Waals surface area contributed by atoms with Crippen LogP contribution in [0.4, 0.5) is 0 Å². The van der Waals surface area contributed by atoms with E-state index in [4.69, 9.17) is 5.73 Å². The van der Waals surface area contributed by atoms with Gasteiger partial charge in [0, 0.05) is 24.7 Å². The fraction of sp³-hybridized carbons (Fsp3) is 0.769. The van der Waals surface area contributed by atoms with Crippen molar-refractivity contribution >= 4 is 10.0 Å². The zero-order chi connectivity index (χ0) is 14.8. The van der Waals surface area contributed by atoms with Gasteiger partial charge in [-0.2, -0.15) is 9.40 Å². The van der Waals surface area contributed by atoms with Gasteiger partial charge in [-0.3, -0.25) is 5.10 Å². The molecule has 1 aromatic rings. The normalized spacial score (nSPS) is 17.4. The molecule has 114 valence electrons. The van der Waals surface area contributed by atoms with Crippen molar-refractivity contribution < 1.29 is 8.42 Å². The predicted octanol–water partition coefficient (Wildman–Crippen LogP) is 1.46. The summed E-state index contributed by atoms with van der Waals surface area (Å²) < 4.78 is 27.4. The van der Waals surface area contributed by atoms with Crippen molar-refractivity contribution in [2.75, 3.05) is 6.54 Å². The number of nitrogens with zero attached hydrogens (tertiary/aromatic N) is 2. The number of nitrogens with two attached hydrogens (primary N) is 1. The fourth-order valence-corrected chi connectivity index (χ4v) is 4.75. The SMILES string of the molecule is CC(C)CN(C1CCCC1)S(=O)(=O)c1[nH]ncc1CN. The van der Waals surface area contributed by atoms with Crippen LogP contribution < -0.4 is 5.73 Å². The maximum absolute atomic E-state index is 12.9. The molecule has 1 aliphatic carbocycles. The Bertz CT molecular complexity index is 532. The monoisotopic (exact) mass is 300 g/mol. The maximum Gasteiger partial charge on any atom is 0.260 e. The first-order valence-electron chi connectivity index (χ1n) is 7.21. The summed E-state index contributed by atoms with van der Waals surface area (Å²) in [5.41, 5.74) is 6.16. The molecule has 1 fully saturated rings. The molecular weight excluding hydrogens is 276 g/mol. The molecule has 1 aliphatic rings. The van der Waals surface area contributed by atoms with Crippen molar-refractivity contribution in [1.82, 2.24) is 14.5 Å². The zero-order valence-corrected chi connectivity index (χ0v) is 13.0. The number of aromatic nitrogens is 2. The van der Waals surface area contributed by atoms with Crippen LogP contribution in [0.2, 0.25) is 0 Å². The Morgan fingerprint density at radius 1 is 1.45 bits per heavy atom. The van der Waals surface area contributed by atoms with E-state index < -0.39 is 10.0 Å². The molecule has 1 heterocycles. The summed E-state index contributed by atoms with van der Waals surface area (Å²) in [5.74, 6) is 0.287. The number of hydrogen-bond acceptors (Lipinski definition) is 4. The van der Waals surface area contributed by atoms with Crippen LogP contribution in [-0.2, 0) is 16.6 Å². The summed E-state index contributed by atoms with van der Waals surface area (Å²) in [4.78, 5) is 0. The summed E-state index contributed by atoms with van der Waals surface area (Å²) in [5, 5.41) is 6.61. The average molecular weight is 300 g/mol. The van der Waals surface area contributed by atoms with Gasteiger partial charge in [-0.15, -0.1) is 0 Å². The lowest BCUT2D eigenvalue weighted by Gasteiger charge is -2.29. The number of aromatic amines is 1. The topological polar surface area (TPSA) is 92.1 Å². The van der Waals surface area contributed by atoms with Crippen molar-refractivity contribution in [2.45, 2.75) is 57.1 Å². The van der Waals surface area contributed by atoms with Gasteiger partial charge in [-0.25, -0.2) is 8.42 Å². The van der Waals surface area contributed by atoms with Gasteiger partial charge < -0.3 is 5.73 Å². The predicted molar refractivity (Wildman–Crippen MR) is 77.5 cm³/mol. The highest BCUT2D eigenvalue weighted by molar-refractivity contribution is 7.89. The number of hydrogen-bond donors (Lipinski definition) is 2.